The van der Waals surface area contributed by atoms with Crippen molar-refractivity contribution in [3.63, 3.8) is 0 Å². The molecule has 0 atom stereocenters. The highest BCUT2D eigenvalue weighted by Gasteiger charge is 2.16. The highest BCUT2D eigenvalue weighted by Crippen LogP contribution is 2.34. The number of benzene rings is 2. The number of esters is 1. The molecule has 138 valence electrons. The van der Waals surface area contributed by atoms with Gasteiger partial charge in [0.1, 0.15) is 0 Å². The van der Waals surface area contributed by atoms with Crippen molar-refractivity contribution < 1.29 is 23.8 Å². The second-order valence-electron chi connectivity index (χ2n) is 6.33. The molecule has 2 N–H and O–H groups in total. The molecule has 1 aliphatic rings. The number of aryl methyl sites for hydroxylation is 2. The molecule has 1 amide bonds. The number of fused-ring (bicyclic) bond motifs is 2. The van der Waals surface area contributed by atoms with Gasteiger partial charge in [-0.25, -0.2) is 4.79 Å². The maximum atomic E-state index is 12.3. The predicted molar refractivity (Wildman–Crippen MR) is 99.2 cm³/mol. The normalized spacial score (nSPS) is 12.2. The number of ether oxygens (including phenoxy) is 3. The van der Waals surface area contributed by atoms with Crippen LogP contribution in [0.2, 0.25) is 0 Å². The SMILES string of the molecule is Cc1[nH]c2ccc(C(=O)OCC(=O)Nc3ccc4c(c3)OCO4)cc2c1C. The zero-order valence-corrected chi connectivity index (χ0v) is 14.9. The third kappa shape index (κ3) is 3.31. The molecule has 3 aromatic rings. The largest absolute Gasteiger partial charge is 0.454 e. The molecule has 7 heteroatoms. The van der Waals surface area contributed by atoms with E-state index in [0.717, 1.165) is 22.2 Å². The van der Waals surface area contributed by atoms with Crippen LogP contribution in [-0.2, 0) is 9.53 Å². The lowest BCUT2D eigenvalue weighted by atomic mass is 10.1. The minimum absolute atomic E-state index is 0.162. The van der Waals surface area contributed by atoms with Gasteiger partial charge in [0.2, 0.25) is 6.79 Å². The summed E-state index contributed by atoms with van der Waals surface area (Å²) < 4.78 is 15.6. The molecule has 27 heavy (non-hydrogen) atoms. The molecule has 7 nitrogen and oxygen atoms in total. The minimum Gasteiger partial charge on any atom is -0.454 e. The van der Waals surface area contributed by atoms with Gasteiger partial charge in [0.15, 0.2) is 18.1 Å². The van der Waals surface area contributed by atoms with Crippen molar-refractivity contribution in [2.24, 2.45) is 0 Å². The Bertz CT molecular complexity index is 1050. The molecule has 0 saturated heterocycles. The smallest absolute Gasteiger partial charge is 0.338 e. The molecule has 0 spiro atoms. The van der Waals surface area contributed by atoms with Crippen LogP contribution >= 0.6 is 0 Å². The topological polar surface area (TPSA) is 89.7 Å². The molecule has 0 bridgehead atoms. The lowest BCUT2D eigenvalue weighted by Gasteiger charge is -2.07. The van der Waals surface area contributed by atoms with E-state index < -0.39 is 11.9 Å². The molecule has 2 heterocycles. The zero-order chi connectivity index (χ0) is 19.0. The van der Waals surface area contributed by atoms with Crippen LogP contribution in [0.5, 0.6) is 11.5 Å². The van der Waals surface area contributed by atoms with E-state index in [9.17, 15) is 9.59 Å². The van der Waals surface area contributed by atoms with Crippen LogP contribution in [0, 0.1) is 13.8 Å². The molecule has 4 rings (SSSR count). The summed E-state index contributed by atoms with van der Waals surface area (Å²) in [6.45, 7) is 3.75. The number of nitrogens with one attached hydrogen (secondary N) is 2. The molecule has 1 aliphatic heterocycles. The fourth-order valence-electron chi connectivity index (χ4n) is 2.97. The van der Waals surface area contributed by atoms with E-state index >= 15 is 0 Å². The van der Waals surface area contributed by atoms with Gasteiger partial charge in [-0.2, -0.15) is 0 Å². The Morgan fingerprint density at radius 3 is 2.78 bits per heavy atom. The number of carbonyl (C=O) groups is 2. The summed E-state index contributed by atoms with van der Waals surface area (Å²) in [4.78, 5) is 27.6. The summed E-state index contributed by atoms with van der Waals surface area (Å²) in [6, 6.07) is 10.3. The van der Waals surface area contributed by atoms with Gasteiger partial charge in [0.05, 0.1) is 5.56 Å². The van der Waals surface area contributed by atoms with Crippen molar-refractivity contribution in [1.29, 1.82) is 0 Å². The number of aromatic amines is 1. The molecule has 0 aliphatic carbocycles. The van der Waals surface area contributed by atoms with Crippen molar-refractivity contribution in [1.82, 2.24) is 4.98 Å². The Hall–Kier alpha value is -3.48. The quantitative estimate of drug-likeness (QED) is 0.692. The van der Waals surface area contributed by atoms with Gasteiger partial charge < -0.3 is 24.5 Å². The van der Waals surface area contributed by atoms with Crippen molar-refractivity contribution in [3.8, 4) is 11.5 Å². The summed E-state index contributed by atoms with van der Waals surface area (Å²) in [5.41, 5.74) is 4.04. The molecular weight excluding hydrogens is 348 g/mol. The number of amides is 1. The van der Waals surface area contributed by atoms with Crippen LogP contribution in [0.3, 0.4) is 0 Å². The van der Waals surface area contributed by atoms with Crippen molar-refractivity contribution in [2.75, 3.05) is 18.7 Å². The highest BCUT2D eigenvalue weighted by molar-refractivity contribution is 5.98. The van der Waals surface area contributed by atoms with E-state index in [-0.39, 0.29) is 13.4 Å². The van der Waals surface area contributed by atoms with Gasteiger partial charge in [0, 0.05) is 28.4 Å². The van der Waals surface area contributed by atoms with Crippen molar-refractivity contribution >= 4 is 28.5 Å². The third-order valence-electron chi connectivity index (χ3n) is 4.53. The Balaban J connectivity index is 1.38. The number of rotatable bonds is 4. The number of H-pyrrole nitrogens is 1. The van der Waals surface area contributed by atoms with Crippen molar-refractivity contribution in [3.05, 3.63) is 53.2 Å². The van der Waals surface area contributed by atoms with Crippen LogP contribution in [0.1, 0.15) is 21.6 Å². The van der Waals surface area contributed by atoms with Crippen molar-refractivity contribution in [2.45, 2.75) is 13.8 Å². The van der Waals surface area contributed by atoms with E-state index in [2.05, 4.69) is 10.3 Å². The highest BCUT2D eigenvalue weighted by atomic mass is 16.7. The Kier molecular flexibility index (Phi) is 4.19. The summed E-state index contributed by atoms with van der Waals surface area (Å²) in [7, 11) is 0. The average Bonchev–Trinajstić information content (AvgIpc) is 3.23. The minimum atomic E-state index is -0.545. The van der Waals surface area contributed by atoms with Crippen LogP contribution in [0.4, 0.5) is 5.69 Å². The van der Waals surface area contributed by atoms with Crippen LogP contribution in [0.25, 0.3) is 10.9 Å². The molecule has 2 aromatic carbocycles. The molecule has 0 fully saturated rings. The fraction of sp³-hybridized carbons (Fsp3) is 0.200. The summed E-state index contributed by atoms with van der Waals surface area (Å²) in [6.07, 6.45) is 0. The lowest BCUT2D eigenvalue weighted by molar-refractivity contribution is -0.119. The summed E-state index contributed by atoms with van der Waals surface area (Å²) in [5.74, 6) is 0.216. The monoisotopic (exact) mass is 366 g/mol. The van der Waals surface area contributed by atoms with E-state index in [1.165, 1.54) is 0 Å². The van der Waals surface area contributed by atoms with Gasteiger partial charge in [-0.15, -0.1) is 0 Å². The van der Waals surface area contributed by atoms with Crippen LogP contribution < -0.4 is 14.8 Å². The standard InChI is InChI=1S/C20H18N2O5/c1-11-12(2)21-16-5-3-13(7-15(11)16)20(24)25-9-19(23)22-14-4-6-17-18(8-14)27-10-26-17/h3-8,21H,9-10H2,1-2H3,(H,22,23). The number of carbonyl (C=O) groups excluding carboxylic acids is 2. The van der Waals surface area contributed by atoms with E-state index in [1.54, 1.807) is 30.3 Å². The Morgan fingerprint density at radius 2 is 1.93 bits per heavy atom. The lowest BCUT2D eigenvalue weighted by Crippen LogP contribution is -2.20. The molecule has 0 unspecified atom stereocenters. The maximum absolute atomic E-state index is 12.3. The van der Waals surface area contributed by atoms with Gasteiger partial charge in [-0.1, -0.05) is 0 Å². The summed E-state index contributed by atoms with van der Waals surface area (Å²) in [5, 5.41) is 3.63. The Labute approximate surface area is 155 Å². The second kappa shape index (κ2) is 6.68. The first-order valence-electron chi connectivity index (χ1n) is 8.47. The number of hydrogen-bond donors (Lipinski definition) is 2. The number of anilines is 1. The van der Waals surface area contributed by atoms with Gasteiger partial charge in [-0.05, 0) is 49.7 Å². The van der Waals surface area contributed by atoms with Crippen LogP contribution in [0.15, 0.2) is 36.4 Å². The fourth-order valence-corrected chi connectivity index (χ4v) is 2.97. The first-order chi connectivity index (χ1) is 13.0. The first kappa shape index (κ1) is 17.0. The number of hydrogen-bond acceptors (Lipinski definition) is 5. The van der Waals surface area contributed by atoms with E-state index in [1.807, 2.05) is 19.9 Å². The van der Waals surface area contributed by atoms with E-state index in [4.69, 9.17) is 14.2 Å². The van der Waals surface area contributed by atoms with Gasteiger partial charge >= 0.3 is 5.97 Å². The predicted octanol–water partition coefficient (Wildman–Crippen LogP) is 3.31. The average molecular weight is 366 g/mol. The van der Waals surface area contributed by atoms with Crippen LogP contribution in [-0.4, -0.2) is 30.3 Å². The maximum Gasteiger partial charge on any atom is 0.338 e. The molecule has 1 aromatic heterocycles. The van der Waals surface area contributed by atoms with Gasteiger partial charge in [0.25, 0.3) is 5.91 Å². The third-order valence-corrected chi connectivity index (χ3v) is 4.53. The summed E-state index contributed by atoms with van der Waals surface area (Å²) >= 11 is 0. The Morgan fingerprint density at radius 1 is 1.11 bits per heavy atom. The van der Waals surface area contributed by atoms with Gasteiger partial charge in [-0.3, -0.25) is 4.79 Å². The second-order valence-corrected chi connectivity index (χ2v) is 6.33. The number of aromatic nitrogens is 1. The first-order valence-corrected chi connectivity index (χ1v) is 8.47. The molecular formula is C20H18N2O5. The molecule has 0 radical (unpaired) electrons. The van der Waals surface area contributed by atoms with E-state index in [0.29, 0.717) is 22.7 Å². The molecule has 0 saturated carbocycles. The zero-order valence-electron chi connectivity index (χ0n) is 14.9.